The Morgan fingerprint density at radius 1 is 1.29 bits per heavy atom. The number of carbonyl (C=O) groups excluding carboxylic acids is 1. The lowest BCUT2D eigenvalue weighted by Crippen LogP contribution is -2.31. The molecule has 1 amide bonds. The van der Waals surface area contributed by atoms with Gasteiger partial charge in [-0.15, -0.1) is 0 Å². The molecule has 0 spiro atoms. The van der Waals surface area contributed by atoms with E-state index in [4.69, 9.17) is 0 Å². The number of pyridine rings is 2. The number of hydrogen-bond acceptors (Lipinski definition) is 4. The van der Waals surface area contributed by atoms with Gasteiger partial charge in [-0.1, -0.05) is 0 Å². The normalized spacial score (nSPS) is 17.1. The van der Waals surface area contributed by atoms with E-state index in [0.29, 0.717) is 5.56 Å². The van der Waals surface area contributed by atoms with E-state index in [1.54, 1.807) is 25.5 Å². The first-order valence-electron chi connectivity index (χ1n) is 8.08. The molecule has 0 aliphatic carbocycles. The summed E-state index contributed by atoms with van der Waals surface area (Å²) >= 11 is 0. The maximum absolute atomic E-state index is 12.9. The molecule has 126 valence electrons. The van der Waals surface area contributed by atoms with Crippen LogP contribution in [0.15, 0.2) is 41.5 Å². The minimum Gasteiger partial charge on any atom is -0.363 e. The van der Waals surface area contributed by atoms with Crippen LogP contribution in [0.25, 0.3) is 0 Å². The average Bonchev–Trinajstić information content (AvgIpc) is 3.06. The van der Waals surface area contributed by atoms with Gasteiger partial charge in [-0.2, -0.15) is 0 Å². The summed E-state index contributed by atoms with van der Waals surface area (Å²) < 4.78 is 1.44. The molecule has 0 unspecified atom stereocenters. The summed E-state index contributed by atoms with van der Waals surface area (Å²) in [6, 6.07) is 7.12. The Labute approximate surface area is 141 Å². The fraction of sp³-hybridized carbons (Fsp3) is 0.389. The first-order chi connectivity index (χ1) is 11.5. The second-order valence-corrected chi connectivity index (χ2v) is 6.37. The predicted molar refractivity (Wildman–Crippen MR) is 93.3 cm³/mol. The SMILES string of the molecule is CN(C)c1cc([C@H]2CCCN2C(=O)c2ccc(=O)n(C)c2)ccn1. The highest BCUT2D eigenvalue weighted by molar-refractivity contribution is 5.94. The molecule has 6 nitrogen and oxygen atoms in total. The number of aromatic nitrogens is 2. The van der Waals surface area contributed by atoms with Crippen molar-refractivity contribution in [1.29, 1.82) is 0 Å². The molecule has 1 saturated heterocycles. The zero-order valence-corrected chi connectivity index (χ0v) is 14.3. The minimum absolute atomic E-state index is 0.0312. The molecule has 3 rings (SSSR count). The molecule has 1 aliphatic heterocycles. The van der Waals surface area contributed by atoms with E-state index in [0.717, 1.165) is 30.8 Å². The van der Waals surface area contributed by atoms with Gasteiger partial charge < -0.3 is 14.4 Å². The highest BCUT2D eigenvalue weighted by atomic mass is 16.2. The third-order valence-corrected chi connectivity index (χ3v) is 4.46. The van der Waals surface area contributed by atoms with Crippen molar-refractivity contribution in [3.8, 4) is 0 Å². The van der Waals surface area contributed by atoms with Crippen molar-refractivity contribution in [2.75, 3.05) is 25.5 Å². The van der Waals surface area contributed by atoms with E-state index in [1.807, 2.05) is 36.0 Å². The average molecular weight is 326 g/mol. The van der Waals surface area contributed by atoms with Crippen molar-refractivity contribution < 1.29 is 4.79 Å². The summed E-state index contributed by atoms with van der Waals surface area (Å²) in [4.78, 5) is 32.6. The molecule has 6 heteroatoms. The summed E-state index contributed by atoms with van der Waals surface area (Å²) in [5.41, 5.74) is 1.53. The molecule has 0 N–H and O–H groups in total. The molecule has 0 radical (unpaired) electrons. The summed E-state index contributed by atoms with van der Waals surface area (Å²) in [5.74, 6) is 0.852. The van der Waals surface area contributed by atoms with Gasteiger partial charge in [0.2, 0.25) is 5.56 Å². The van der Waals surface area contributed by atoms with Crippen LogP contribution in [0.1, 0.15) is 34.8 Å². The van der Waals surface area contributed by atoms with Gasteiger partial charge in [0.05, 0.1) is 11.6 Å². The Hall–Kier alpha value is -2.63. The lowest BCUT2D eigenvalue weighted by atomic mass is 10.1. The Bertz CT molecular complexity index is 813. The Kier molecular flexibility index (Phi) is 4.38. The van der Waals surface area contributed by atoms with Crippen LogP contribution >= 0.6 is 0 Å². The molecule has 0 aromatic carbocycles. The van der Waals surface area contributed by atoms with Gasteiger partial charge in [0.1, 0.15) is 5.82 Å². The van der Waals surface area contributed by atoms with Crippen LogP contribution in [0.5, 0.6) is 0 Å². The number of nitrogens with zero attached hydrogens (tertiary/aromatic N) is 4. The van der Waals surface area contributed by atoms with E-state index in [-0.39, 0.29) is 17.5 Å². The van der Waals surface area contributed by atoms with Gasteiger partial charge in [0, 0.05) is 46.1 Å². The van der Waals surface area contributed by atoms with Crippen molar-refractivity contribution in [2.24, 2.45) is 7.05 Å². The number of hydrogen-bond donors (Lipinski definition) is 0. The second-order valence-electron chi connectivity index (χ2n) is 6.37. The molecule has 24 heavy (non-hydrogen) atoms. The molecular formula is C18H22N4O2. The molecule has 3 heterocycles. The van der Waals surface area contributed by atoms with Crippen molar-refractivity contribution in [3.05, 3.63) is 58.1 Å². The van der Waals surface area contributed by atoms with Crippen molar-refractivity contribution in [1.82, 2.24) is 14.5 Å². The fourth-order valence-electron chi connectivity index (χ4n) is 3.13. The maximum atomic E-state index is 12.9. The van der Waals surface area contributed by atoms with E-state index >= 15 is 0 Å². The largest absolute Gasteiger partial charge is 0.363 e. The molecule has 0 bridgehead atoms. The van der Waals surface area contributed by atoms with Gasteiger partial charge in [-0.05, 0) is 36.6 Å². The van der Waals surface area contributed by atoms with Gasteiger partial charge in [0.15, 0.2) is 0 Å². The zero-order chi connectivity index (χ0) is 17.3. The lowest BCUT2D eigenvalue weighted by molar-refractivity contribution is 0.0734. The van der Waals surface area contributed by atoms with Crippen LogP contribution in [-0.2, 0) is 7.05 Å². The standard InChI is InChI=1S/C18H22N4O2/c1-20(2)16-11-13(8-9-19-16)15-5-4-10-22(15)18(24)14-6-7-17(23)21(3)12-14/h6-9,11-12,15H,4-5,10H2,1-3H3/t15-/m1/s1. The van der Waals surface area contributed by atoms with Crippen molar-refractivity contribution in [2.45, 2.75) is 18.9 Å². The van der Waals surface area contributed by atoms with Crippen molar-refractivity contribution >= 4 is 11.7 Å². The Morgan fingerprint density at radius 3 is 2.79 bits per heavy atom. The third kappa shape index (κ3) is 3.04. The molecule has 1 atom stereocenters. The van der Waals surface area contributed by atoms with Crippen LogP contribution in [0.3, 0.4) is 0 Å². The predicted octanol–water partition coefficient (Wildman–Crippen LogP) is 1.82. The first kappa shape index (κ1) is 16.2. The molecule has 2 aromatic heterocycles. The summed E-state index contributed by atoms with van der Waals surface area (Å²) in [6.07, 6.45) is 5.31. The van der Waals surface area contributed by atoms with Crippen LogP contribution in [-0.4, -0.2) is 41.0 Å². The first-order valence-corrected chi connectivity index (χ1v) is 8.08. The van der Waals surface area contributed by atoms with E-state index in [1.165, 1.54) is 10.6 Å². The summed E-state index contributed by atoms with van der Waals surface area (Å²) in [6.45, 7) is 0.728. The Balaban J connectivity index is 1.90. The molecule has 1 aliphatic rings. The van der Waals surface area contributed by atoms with Gasteiger partial charge >= 0.3 is 0 Å². The second kappa shape index (κ2) is 6.47. The number of aryl methyl sites for hydroxylation is 1. The molecular weight excluding hydrogens is 304 g/mol. The van der Waals surface area contributed by atoms with E-state index < -0.39 is 0 Å². The monoisotopic (exact) mass is 326 g/mol. The summed E-state index contributed by atoms with van der Waals surface area (Å²) in [5, 5.41) is 0. The molecule has 1 fully saturated rings. The van der Waals surface area contributed by atoms with Gasteiger partial charge in [0.25, 0.3) is 5.91 Å². The van der Waals surface area contributed by atoms with Crippen LogP contribution in [0.2, 0.25) is 0 Å². The van der Waals surface area contributed by atoms with Crippen LogP contribution < -0.4 is 10.5 Å². The van der Waals surface area contributed by atoms with Crippen LogP contribution in [0.4, 0.5) is 5.82 Å². The highest BCUT2D eigenvalue weighted by Gasteiger charge is 2.31. The van der Waals surface area contributed by atoms with Gasteiger partial charge in [-0.25, -0.2) is 4.98 Å². The minimum atomic E-state index is -0.116. The number of anilines is 1. The quantitative estimate of drug-likeness (QED) is 0.863. The van der Waals surface area contributed by atoms with E-state index in [9.17, 15) is 9.59 Å². The third-order valence-electron chi connectivity index (χ3n) is 4.46. The number of likely N-dealkylation sites (tertiary alicyclic amines) is 1. The zero-order valence-electron chi connectivity index (χ0n) is 14.3. The van der Waals surface area contributed by atoms with Crippen LogP contribution in [0, 0.1) is 0 Å². The van der Waals surface area contributed by atoms with E-state index in [2.05, 4.69) is 4.98 Å². The topological polar surface area (TPSA) is 58.4 Å². The number of carbonyl (C=O) groups is 1. The Morgan fingerprint density at radius 2 is 2.08 bits per heavy atom. The number of rotatable bonds is 3. The summed E-state index contributed by atoms with van der Waals surface area (Å²) in [7, 11) is 5.56. The highest BCUT2D eigenvalue weighted by Crippen LogP contribution is 2.33. The molecule has 2 aromatic rings. The van der Waals surface area contributed by atoms with Crippen molar-refractivity contribution in [3.63, 3.8) is 0 Å². The number of amides is 1. The molecule has 0 saturated carbocycles. The fourth-order valence-corrected chi connectivity index (χ4v) is 3.13. The smallest absolute Gasteiger partial charge is 0.255 e. The lowest BCUT2D eigenvalue weighted by Gasteiger charge is -2.26. The maximum Gasteiger partial charge on any atom is 0.255 e. The van der Waals surface area contributed by atoms with Gasteiger partial charge in [-0.3, -0.25) is 9.59 Å².